The standard InChI is InChI=1S/C35H42N4O4/c40-32-30(25-27-14-5-2-6-15-27)38-34(42)35(19-9-10-20-35)39-33(41)29(24-26-12-3-1-4-13-26)36-22-23-43-31-18-8-7-16-28(31)17-11-21-37-32/h1-8,12-16,18,29-30,36H,9-11,17,19-25H2,(H,37,40)(H,38,42)(H,39,41)/t29-,30-/m0/s1. The van der Waals surface area contributed by atoms with Crippen LogP contribution in [0.4, 0.5) is 0 Å². The van der Waals surface area contributed by atoms with E-state index in [4.69, 9.17) is 4.74 Å². The number of carbonyl (C=O) groups excluding carboxylic acids is 3. The van der Waals surface area contributed by atoms with Gasteiger partial charge in [-0.1, -0.05) is 91.7 Å². The lowest BCUT2D eigenvalue weighted by atomic mass is 9.93. The number of ether oxygens (including phenoxy) is 1. The van der Waals surface area contributed by atoms with Crippen LogP contribution in [-0.4, -0.2) is 55.0 Å². The third-order valence-corrected chi connectivity index (χ3v) is 8.40. The molecule has 3 amide bonds. The molecule has 0 saturated heterocycles. The van der Waals surface area contributed by atoms with E-state index in [9.17, 15) is 14.4 Å². The van der Waals surface area contributed by atoms with Crippen molar-refractivity contribution in [2.45, 2.75) is 69.0 Å². The van der Waals surface area contributed by atoms with Crippen LogP contribution in [0.2, 0.25) is 0 Å². The lowest BCUT2D eigenvalue weighted by Crippen LogP contribution is -2.63. The maximum absolute atomic E-state index is 14.0. The summed E-state index contributed by atoms with van der Waals surface area (Å²) >= 11 is 0. The van der Waals surface area contributed by atoms with E-state index < -0.39 is 17.6 Å². The molecule has 1 fully saturated rings. The lowest BCUT2D eigenvalue weighted by molar-refractivity contribution is -0.136. The third kappa shape index (κ3) is 8.23. The van der Waals surface area contributed by atoms with Gasteiger partial charge in [0, 0.05) is 19.5 Å². The highest BCUT2D eigenvalue weighted by molar-refractivity contribution is 5.96. The molecule has 2 aliphatic rings. The predicted molar refractivity (Wildman–Crippen MR) is 167 cm³/mol. The maximum atomic E-state index is 14.0. The fourth-order valence-corrected chi connectivity index (χ4v) is 6.03. The van der Waals surface area contributed by atoms with Crippen LogP contribution in [0, 0.1) is 0 Å². The largest absolute Gasteiger partial charge is 0.492 e. The van der Waals surface area contributed by atoms with Gasteiger partial charge in [-0.3, -0.25) is 14.4 Å². The monoisotopic (exact) mass is 582 g/mol. The summed E-state index contributed by atoms with van der Waals surface area (Å²) in [6, 6.07) is 26.1. The molecule has 4 N–H and O–H groups in total. The van der Waals surface area contributed by atoms with E-state index in [0.717, 1.165) is 48.1 Å². The van der Waals surface area contributed by atoms with Crippen molar-refractivity contribution in [1.82, 2.24) is 21.3 Å². The van der Waals surface area contributed by atoms with E-state index >= 15 is 0 Å². The van der Waals surface area contributed by atoms with Gasteiger partial charge in [-0.25, -0.2) is 0 Å². The van der Waals surface area contributed by atoms with Crippen molar-refractivity contribution in [3.05, 3.63) is 102 Å². The molecule has 1 saturated carbocycles. The first-order valence-corrected chi connectivity index (χ1v) is 15.4. The van der Waals surface area contributed by atoms with Crippen LogP contribution in [0.1, 0.15) is 48.8 Å². The molecule has 43 heavy (non-hydrogen) atoms. The van der Waals surface area contributed by atoms with Crippen molar-refractivity contribution in [3.63, 3.8) is 0 Å². The molecular formula is C35H42N4O4. The Balaban J connectivity index is 1.41. The normalized spacial score (nSPS) is 21.8. The molecule has 1 heterocycles. The molecule has 0 radical (unpaired) electrons. The zero-order valence-corrected chi connectivity index (χ0v) is 24.6. The Bertz CT molecular complexity index is 1360. The van der Waals surface area contributed by atoms with Gasteiger partial charge in [0.2, 0.25) is 17.7 Å². The van der Waals surface area contributed by atoms with E-state index in [-0.39, 0.29) is 17.7 Å². The quantitative estimate of drug-likeness (QED) is 0.377. The second kappa shape index (κ2) is 14.8. The number of hydrogen-bond donors (Lipinski definition) is 4. The van der Waals surface area contributed by atoms with Gasteiger partial charge in [-0.15, -0.1) is 0 Å². The summed E-state index contributed by atoms with van der Waals surface area (Å²) in [5.41, 5.74) is 1.97. The van der Waals surface area contributed by atoms with Crippen molar-refractivity contribution in [2.24, 2.45) is 0 Å². The number of aryl methyl sites for hydroxylation is 1. The maximum Gasteiger partial charge on any atom is 0.246 e. The third-order valence-electron chi connectivity index (χ3n) is 8.40. The fourth-order valence-electron chi connectivity index (χ4n) is 6.03. The van der Waals surface area contributed by atoms with Crippen molar-refractivity contribution in [3.8, 4) is 5.75 Å². The van der Waals surface area contributed by atoms with Crippen LogP contribution >= 0.6 is 0 Å². The number of hydrogen-bond acceptors (Lipinski definition) is 5. The molecule has 1 aliphatic carbocycles. The Labute approximate surface area is 254 Å². The molecule has 1 aliphatic heterocycles. The van der Waals surface area contributed by atoms with Gasteiger partial charge in [0.15, 0.2) is 0 Å². The Morgan fingerprint density at radius 3 is 2.02 bits per heavy atom. The average Bonchev–Trinajstić information content (AvgIpc) is 3.51. The zero-order chi connectivity index (χ0) is 29.9. The van der Waals surface area contributed by atoms with E-state index in [0.29, 0.717) is 45.4 Å². The first-order valence-electron chi connectivity index (χ1n) is 15.4. The zero-order valence-electron chi connectivity index (χ0n) is 24.6. The second-order valence-corrected chi connectivity index (χ2v) is 11.5. The molecule has 0 aromatic heterocycles. The Hall–Kier alpha value is -4.17. The molecule has 8 heteroatoms. The highest BCUT2D eigenvalue weighted by atomic mass is 16.5. The van der Waals surface area contributed by atoms with Crippen molar-refractivity contribution in [1.29, 1.82) is 0 Å². The van der Waals surface area contributed by atoms with Gasteiger partial charge in [0.05, 0.1) is 6.04 Å². The molecule has 0 bridgehead atoms. The highest BCUT2D eigenvalue weighted by Crippen LogP contribution is 2.30. The lowest BCUT2D eigenvalue weighted by Gasteiger charge is -2.33. The van der Waals surface area contributed by atoms with Crippen molar-refractivity contribution in [2.75, 3.05) is 19.7 Å². The summed E-state index contributed by atoms with van der Waals surface area (Å²) < 4.78 is 6.14. The van der Waals surface area contributed by atoms with E-state index in [2.05, 4.69) is 21.3 Å². The first kappa shape index (κ1) is 30.3. The van der Waals surface area contributed by atoms with Crippen molar-refractivity contribution < 1.29 is 19.1 Å². The van der Waals surface area contributed by atoms with E-state index in [1.165, 1.54) is 0 Å². The Morgan fingerprint density at radius 2 is 1.33 bits per heavy atom. The first-order chi connectivity index (χ1) is 21.0. The molecule has 5 rings (SSSR count). The van der Waals surface area contributed by atoms with Crippen LogP contribution < -0.4 is 26.0 Å². The Morgan fingerprint density at radius 1 is 0.698 bits per heavy atom. The molecule has 226 valence electrons. The number of rotatable bonds is 4. The fraction of sp³-hybridized carbons (Fsp3) is 0.400. The molecule has 0 unspecified atom stereocenters. The summed E-state index contributed by atoms with van der Waals surface area (Å²) in [6.07, 6.45) is 5.01. The molecule has 3 aromatic carbocycles. The van der Waals surface area contributed by atoms with Crippen LogP contribution in [-0.2, 0) is 33.6 Å². The van der Waals surface area contributed by atoms with Gasteiger partial charge in [0.1, 0.15) is 23.9 Å². The van der Waals surface area contributed by atoms with Crippen LogP contribution in [0.25, 0.3) is 0 Å². The van der Waals surface area contributed by atoms with Gasteiger partial charge in [-0.2, -0.15) is 0 Å². The predicted octanol–water partition coefficient (Wildman–Crippen LogP) is 3.49. The minimum atomic E-state index is -1.07. The smallest absolute Gasteiger partial charge is 0.246 e. The Kier molecular flexibility index (Phi) is 10.4. The number of benzene rings is 3. The summed E-state index contributed by atoms with van der Waals surface area (Å²) in [5.74, 6) is 0.0450. The van der Waals surface area contributed by atoms with E-state index in [1.54, 1.807) is 0 Å². The van der Waals surface area contributed by atoms with Crippen molar-refractivity contribution >= 4 is 17.7 Å². The highest BCUT2D eigenvalue weighted by Gasteiger charge is 2.44. The SMILES string of the molecule is O=C1NC2(CCCC2)C(=O)N[C@@H](Cc2ccccc2)C(=O)NCCCc2ccccc2OCCN[C@H]1Cc1ccccc1. The van der Waals surface area contributed by atoms with Gasteiger partial charge < -0.3 is 26.0 Å². The summed E-state index contributed by atoms with van der Waals surface area (Å²) in [7, 11) is 0. The summed E-state index contributed by atoms with van der Waals surface area (Å²) in [4.78, 5) is 41.3. The number of carbonyl (C=O) groups is 3. The molecule has 3 aromatic rings. The van der Waals surface area contributed by atoms with Crippen LogP contribution in [0.5, 0.6) is 5.75 Å². The molecular weight excluding hydrogens is 540 g/mol. The molecule has 1 spiro atoms. The second-order valence-electron chi connectivity index (χ2n) is 11.5. The number of nitrogens with one attached hydrogen (secondary N) is 4. The number of para-hydroxylation sites is 1. The minimum Gasteiger partial charge on any atom is -0.492 e. The minimum absolute atomic E-state index is 0.230. The molecule has 2 atom stereocenters. The summed E-state index contributed by atoms with van der Waals surface area (Å²) in [6.45, 7) is 1.33. The van der Waals surface area contributed by atoms with Gasteiger partial charge in [0.25, 0.3) is 0 Å². The number of fused-ring (bicyclic) bond motifs is 1. The summed E-state index contributed by atoms with van der Waals surface area (Å²) in [5, 5.41) is 12.6. The van der Waals surface area contributed by atoms with Gasteiger partial charge in [-0.05, 0) is 54.9 Å². The van der Waals surface area contributed by atoms with Crippen LogP contribution in [0.3, 0.4) is 0 Å². The molecule has 8 nitrogen and oxygen atoms in total. The average molecular weight is 583 g/mol. The van der Waals surface area contributed by atoms with E-state index in [1.807, 2.05) is 84.9 Å². The number of amides is 3. The van der Waals surface area contributed by atoms with Gasteiger partial charge >= 0.3 is 0 Å². The van der Waals surface area contributed by atoms with Crippen LogP contribution in [0.15, 0.2) is 84.9 Å². The topological polar surface area (TPSA) is 109 Å².